The average Bonchev–Trinajstić information content (AvgIpc) is 3.28. The van der Waals surface area contributed by atoms with E-state index in [4.69, 9.17) is 14.5 Å². The third kappa shape index (κ3) is 6.54. The number of ether oxygens (including phenoxy) is 2. The number of methoxy groups -OCH3 is 1. The van der Waals surface area contributed by atoms with Gasteiger partial charge in [0.05, 0.1) is 32.4 Å². The van der Waals surface area contributed by atoms with Crippen molar-refractivity contribution in [2.45, 2.75) is 26.1 Å². The minimum atomic E-state index is 0.323. The quantitative estimate of drug-likeness (QED) is 0.486. The number of hydrogen-bond donors (Lipinski definition) is 2. The fourth-order valence-corrected chi connectivity index (χ4v) is 4.35. The highest BCUT2D eigenvalue weighted by Gasteiger charge is 2.23. The Morgan fingerprint density at radius 3 is 2.66 bits per heavy atom. The van der Waals surface area contributed by atoms with Gasteiger partial charge in [-0.2, -0.15) is 0 Å². The van der Waals surface area contributed by atoms with Crippen LogP contribution in [0, 0.1) is 0 Å². The Labute approximate surface area is 177 Å². The summed E-state index contributed by atoms with van der Waals surface area (Å²) >= 11 is 1.81. The van der Waals surface area contributed by atoms with Gasteiger partial charge in [0.25, 0.3) is 0 Å². The number of nitrogens with one attached hydrogen (secondary N) is 2. The van der Waals surface area contributed by atoms with Crippen LogP contribution in [0.3, 0.4) is 0 Å². The van der Waals surface area contributed by atoms with Crippen molar-refractivity contribution >= 4 is 17.3 Å². The number of morpholine rings is 1. The SMILES string of the molecule is CCNC(=NCc1ccccc1COC)NCC(c1cccs1)N1CCOCC1. The smallest absolute Gasteiger partial charge is 0.191 e. The molecule has 6 nitrogen and oxygen atoms in total. The number of rotatable bonds is 9. The Bertz CT molecular complexity index is 745. The predicted molar refractivity (Wildman–Crippen MR) is 119 cm³/mol. The number of benzene rings is 1. The van der Waals surface area contributed by atoms with E-state index in [1.54, 1.807) is 7.11 Å². The third-order valence-electron chi connectivity index (χ3n) is 4.99. The van der Waals surface area contributed by atoms with E-state index in [1.165, 1.54) is 16.0 Å². The summed E-state index contributed by atoms with van der Waals surface area (Å²) in [5, 5.41) is 9.08. The van der Waals surface area contributed by atoms with Gasteiger partial charge in [-0.1, -0.05) is 30.3 Å². The minimum absolute atomic E-state index is 0.323. The molecule has 158 valence electrons. The number of thiophene rings is 1. The maximum atomic E-state index is 5.55. The first-order chi connectivity index (χ1) is 14.3. The molecule has 1 aliphatic heterocycles. The van der Waals surface area contributed by atoms with E-state index < -0.39 is 0 Å². The van der Waals surface area contributed by atoms with E-state index in [9.17, 15) is 0 Å². The van der Waals surface area contributed by atoms with Crippen LogP contribution in [-0.2, 0) is 22.6 Å². The number of aliphatic imine (C=N–C) groups is 1. The predicted octanol–water partition coefficient (Wildman–Crippen LogP) is 3.02. The maximum Gasteiger partial charge on any atom is 0.191 e. The first kappa shape index (κ1) is 21.8. The first-order valence-electron chi connectivity index (χ1n) is 10.2. The average molecular weight is 417 g/mol. The van der Waals surface area contributed by atoms with E-state index in [0.717, 1.165) is 45.4 Å². The molecule has 7 heteroatoms. The van der Waals surface area contributed by atoms with Gasteiger partial charge in [0.15, 0.2) is 5.96 Å². The second kappa shape index (κ2) is 11.9. The molecule has 1 aromatic carbocycles. The topological polar surface area (TPSA) is 58.1 Å². The summed E-state index contributed by atoms with van der Waals surface area (Å²) in [5.74, 6) is 0.842. The van der Waals surface area contributed by atoms with Crippen LogP contribution in [0.2, 0.25) is 0 Å². The van der Waals surface area contributed by atoms with Gasteiger partial charge in [-0.05, 0) is 29.5 Å². The second-order valence-electron chi connectivity index (χ2n) is 6.96. The Balaban J connectivity index is 1.67. The van der Waals surface area contributed by atoms with Gasteiger partial charge in [0.2, 0.25) is 0 Å². The summed E-state index contributed by atoms with van der Waals surface area (Å²) < 4.78 is 10.9. The van der Waals surface area contributed by atoms with Crippen molar-refractivity contribution in [3.8, 4) is 0 Å². The second-order valence-corrected chi connectivity index (χ2v) is 7.94. The van der Waals surface area contributed by atoms with Gasteiger partial charge < -0.3 is 20.1 Å². The summed E-state index contributed by atoms with van der Waals surface area (Å²) in [5.41, 5.74) is 2.37. The van der Waals surface area contributed by atoms with E-state index >= 15 is 0 Å². The molecule has 0 saturated carbocycles. The van der Waals surface area contributed by atoms with Crippen molar-refractivity contribution < 1.29 is 9.47 Å². The molecule has 0 amide bonds. The highest BCUT2D eigenvalue weighted by atomic mass is 32.1. The maximum absolute atomic E-state index is 5.55. The zero-order valence-corrected chi connectivity index (χ0v) is 18.2. The molecule has 1 aromatic heterocycles. The molecule has 3 rings (SSSR count). The van der Waals surface area contributed by atoms with Crippen molar-refractivity contribution in [1.82, 2.24) is 15.5 Å². The monoisotopic (exact) mass is 416 g/mol. The number of nitrogens with zero attached hydrogens (tertiary/aromatic N) is 2. The third-order valence-corrected chi connectivity index (χ3v) is 5.96. The van der Waals surface area contributed by atoms with Gasteiger partial charge in [-0.3, -0.25) is 4.90 Å². The van der Waals surface area contributed by atoms with Crippen LogP contribution in [-0.4, -0.2) is 57.4 Å². The molecule has 2 heterocycles. The molecule has 1 unspecified atom stereocenters. The molecule has 0 aliphatic carbocycles. The molecule has 1 saturated heterocycles. The Kier molecular flexibility index (Phi) is 8.95. The van der Waals surface area contributed by atoms with Crippen molar-refractivity contribution in [2.75, 3.05) is 46.5 Å². The fraction of sp³-hybridized carbons (Fsp3) is 0.500. The van der Waals surface area contributed by atoms with Crippen molar-refractivity contribution in [3.05, 3.63) is 57.8 Å². The summed E-state index contributed by atoms with van der Waals surface area (Å²) in [4.78, 5) is 8.70. The normalized spacial score (nSPS) is 16.6. The van der Waals surface area contributed by atoms with Crippen LogP contribution in [0.5, 0.6) is 0 Å². The standard InChI is InChI=1S/C22H32N4O2S/c1-3-23-22(24-15-18-7-4-5-8-19(18)17-27-2)25-16-20(21-9-6-14-29-21)26-10-12-28-13-11-26/h4-9,14,20H,3,10-13,15-17H2,1-2H3,(H2,23,24,25). The molecule has 1 atom stereocenters. The highest BCUT2D eigenvalue weighted by Crippen LogP contribution is 2.25. The summed E-state index contributed by atoms with van der Waals surface area (Å²) in [6.07, 6.45) is 0. The lowest BCUT2D eigenvalue weighted by molar-refractivity contribution is 0.0177. The Morgan fingerprint density at radius 1 is 1.17 bits per heavy atom. The fourth-order valence-electron chi connectivity index (χ4n) is 3.49. The van der Waals surface area contributed by atoms with Crippen LogP contribution < -0.4 is 10.6 Å². The number of hydrogen-bond acceptors (Lipinski definition) is 5. The molecule has 0 bridgehead atoms. The molecule has 1 fully saturated rings. The van der Waals surface area contributed by atoms with E-state index in [-0.39, 0.29) is 0 Å². The van der Waals surface area contributed by atoms with E-state index in [0.29, 0.717) is 19.2 Å². The Hall–Kier alpha value is -1.93. The molecular weight excluding hydrogens is 384 g/mol. The molecule has 2 N–H and O–H groups in total. The largest absolute Gasteiger partial charge is 0.380 e. The van der Waals surface area contributed by atoms with Gasteiger partial charge in [-0.15, -0.1) is 11.3 Å². The van der Waals surface area contributed by atoms with Crippen LogP contribution in [0.1, 0.15) is 29.0 Å². The first-order valence-corrected chi connectivity index (χ1v) is 11.1. The molecule has 2 aromatic rings. The van der Waals surface area contributed by atoms with Crippen LogP contribution in [0.15, 0.2) is 46.8 Å². The molecule has 0 radical (unpaired) electrons. The molecule has 29 heavy (non-hydrogen) atoms. The lowest BCUT2D eigenvalue weighted by Crippen LogP contribution is -2.46. The zero-order chi connectivity index (χ0) is 20.3. The van der Waals surface area contributed by atoms with Crippen LogP contribution in [0.25, 0.3) is 0 Å². The summed E-state index contributed by atoms with van der Waals surface area (Å²) in [6, 6.07) is 13.0. The lowest BCUT2D eigenvalue weighted by atomic mass is 10.1. The van der Waals surface area contributed by atoms with Gasteiger partial charge in [0.1, 0.15) is 0 Å². The van der Waals surface area contributed by atoms with Crippen molar-refractivity contribution in [1.29, 1.82) is 0 Å². The molecule has 1 aliphatic rings. The molecular formula is C22H32N4O2S. The van der Waals surface area contributed by atoms with Crippen LogP contribution in [0.4, 0.5) is 0 Å². The van der Waals surface area contributed by atoms with Crippen molar-refractivity contribution in [2.24, 2.45) is 4.99 Å². The van der Waals surface area contributed by atoms with Crippen molar-refractivity contribution in [3.63, 3.8) is 0 Å². The minimum Gasteiger partial charge on any atom is -0.380 e. The van der Waals surface area contributed by atoms with Gasteiger partial charge >= 0.3 is 0 Å². The summed E-state index contributed by atoms with van der Waals surface area (Å²) in [7, 11) is 1.72. The van der Waals surface area contributed by atoms with E-state index in [1.807, 2.05) is 17.4 Å². The highest BCUT2D eigenvalue weighted by molar-refractivity contribution is 7.10. The number of guanidine groups is 1. The molecule has 0 spiro atoms. The van der Waals surface area contributed by atoms with Crippen LogP contribution >= 0.6 is 11.3 Å². The summed E-state index contributed by atoms with van der Waals surface area (Å²) in [6.45, 7) is 8.47. The van der Waals surface area contributed by atoms with E-state index in [2.05, 4.69) is 58.2 Å². The Morgan fingerprint density at radius 2 is 1.97 bits per heavy atom. The zero-order valence-electron chi connectivity index (χ0n) is 17.4. The lowest BCUT2D eigenvalue weighted by Gasteiger charge is -2.34. The van der Waals surface area contributed by atoms with Gasteiger partial charge in [0, 0.05) is 38.2 Å². The van der Waals surface area contributed by atoms with Gasteiger partial charge in [-0.25, -0.2) is 4.99 Å².